The number of nitro benzene ring substituents is 1. The fourth-order valence-electron chi connectivity index (χ4n) is 4.11. The maximum atomic E-state index is 13.4. The first-order chi connectivity index (χ1) is 14.9. The number of nitrogens with one attached hydrogen (secondary N) is 1. The van der Waals surface area contributed by atoms with E-state index in [2.05, 4.69) is 5.32 Å². The van der Waals surface area contributed by atoms with Crippen LogP contribution in [0.15, 0.2) is 42.5 Å². The lowest BCUT2D eigenvalue weighted by atomic mass is 9.68. The fraction of sp³-hybridized carbons (Fsp3) is 0.435. The number of anilines is 1. The summed E-state index contributed by atoms with van der Waals surface area (Å²) in [6.07, 6.45) is 4.15. The van der Waals surface area contributed by atoms with Gasteiger partial charge in [0.1, 0.15) is 11.9 Å². The van der Waals surface area contributed by atoms with Crippen LogP contribution in [0.25, 0.3) is 0 Å². The van der Waals surface area contributed by atoms with Crippen LogP contribution in [0.5, 0.6) is 5.75 Å². The molecule has 0 unspecified atom stereocenters. The van der Waals surface area contributed by atoms with E-state index in [0.717, 1.165) is 24.8 Å². The average molecular weight is 447 g/mol. The minimum absolute atomic E-state index is 0.0141. The molecule has 1 aliphatic carbocycles. The summed E-state index contributed by atoms with van der Waals surface area (Å²) in [6, 6.07) is 11.5. The monoisotopic (exact) mass is 446 g/mol. The van der Waals surface area contributed by atoms with Crippen molar-refractivity contribution in [2.45, 2.75) is 50.5 Å². The van der Waals surface area contributed by atoms with Gasteiger partial charge in [0, 0.05) is 24.9 Å². The Labute approximate surface area is 186 Å². The summed E-state index contributed by atoms with van der Waals surface area (Å²) in [4.78, 5) is 24.0. The predicted octanol–water partition coefficient (Wildman–Crippen LogP) is 5.50. The lowest BCUT2D eigenvalue weighted by Crippen LogP contribution is -2.42. The van der Waals surface area contributed by atoms with Gasteiger partial charge in [-0.25, -0.2) is 0 Å². The van der Waals surface area contributed by atoms with Gasteiger partial charge < -0.3 is 14.8 Å². The molecule has 2 aromatic rings. The number of rotatable bonds is 8. The van der Waals surface area contributed by atoms with E-state index in [9.17, 15) is 14.9 Å². The van der Waals surface area contributed by atoms with Gasteiger partial charge >= 0.3 is 0 Å². The standard InChI is InChI=1S/C23H27ClN2O5/c1-16(15-30-2)31-21-11-8-18(14-20(21)24)25-22(27)23(12-4-3-5-13-23)17-6-9-19(10-7-17)26(28)29/h6-11,14,16H,3-5,12-13,15H2,1-2H3,(H,25,27)/t16-/m1/s1. The first-order valence-corrected chi connectivity index (χ1v) is 10.7. The molecule has 0 radical (unpaired) electrons. The Balaban J connectivity index is 1.81. The molecule has 1 N–H and O–H groups in total. The summed E-state index contributed by atoms with van der Waals surface area (Å²) < 4.78 is 10.8. The largest absolute Gasteiger partial charge is 0.487 e. The zero-order valence-electron chi connectivity index (χ0n) is 17.7. The Morgan fingerprint density at radius 3 is 2.45 bits per heavy atom. The van der Waals surface area contributed by atoms with E-state index >= 15 is 0 Å². The minimum atomic E-state index is -0.720. The lowest BCUT2D eigenvalue weighted by molar-refractivity contribution is -0.384. The molecule has 1 aliphatic rings. The van der Waals surface area contributed by atoms with Crippen LogP contribution in [0.4, 0.5) is 11.4 Å². The highest BCUT2D eigenvalue weighted by Crippen LogP contribution is 2.41. The van der Waals surface area contributed by atoms with E-state index < -0.39 is 10.3 Å². The van der Waals surface area contributed by atoms with Crippen molar-refractivity contribution < 1.29 is 19.2 Å². The van der Waals surface area contributed by atoms with Crippen molar-refractivity contribution in [3.8, 4) is 5.75 Å². The third-order valence-corrected chi connectivity index (χ3v) is 5.99. The Bertz CT molecular complexity index is 926. The van der Waals surface area contributed by atoms with Gasteiger partial charge in [0.25, 0.3) is 5.69 Å². The van der Waals surface area contributed by atoms with Crippen molar-refractivity contribution >= 4 is 28.9 Å². The second-order valence-corrected chi connectivity index (χ2v) is 8.34. The third kappa shape index (κ3) is 5.35. The van der Waals surface area contributed by atoms with E-state index in [1.807, 2.05) is 6.92 Å². The molecule has 0 aliphatic heterocycles. The Hall–Kier alpha value is -2.64. The molecule has 1 amide bonds. The Morgan fingerprint density at radius 2 is 1.87 bits per heavy atom. The van der Waals surface area contributed by atoms with Crippen LogP contribution in [0.3, 0.4) is 0 Å². The highest BCUT2D eigenvalue weighted by Gasteiger charge is 2.41. The Morgan fingerprint density at radius 1 is 1.19 bits per heavy atom. The number of halogens is 1. The summed E-state index contributed by atoms with van der Waals surface area (Å²) in [5.41, 5.74) is 0.672. The molecule has 0 aromatic heterocycles. The van der Waals surface area contributed by atoms with Gasteiger partial charge in [-0.3, -0.25) is 14.9 Å². The smallest absolute Gasteiger partial charge is 0.269 e. The molecule has 3 rings (SSSR count). The average Bonchev–Trinajstić information content (AvgIpc) is 2.76. The minimum Gasteiger partial charge on any atom is -0.487 e. The van der Waals surface area contributed by atoms with Crippen molar-refractivity contribution in [2.24, 2.45) is 0 Å². The number of benzene rings is 2. The number of hydrogen-bond donors (Lipinski definition) is 1. The van der Waals surface area contributed by atoms with Crippen molar-refractivity contribution in [1.82, 2.24) is 0 Å². The fourth-order valence-corrected chi connectivity index (χ4v) is 4.34. The molecule has 7 nitrogen and oxygen atoms in total. The number of non-ortho nitro benzene ring substituents is 1. The second-order valence-electron chi connectivity index (χ2n) is 7.93. The number of nitrogens with zero attached hydrogens (tertiary/aromatic N) is 1. The molecular formula is C23H27ClN2O5. The normalized spacial score (nSPS) is 16.4. The second kappa shape index (κ2) is 10.1. The van der Waals surface area contributed by atoms with Gasteiger partial charge in [0.2, 0.25) is 5.91 Å². The number of hydrogen-bond acceptors (Lipinski definition) is 5. The molecule has 1 atom stereocenters. The molecular weight excluding hydrogens is 420 g/mol. The van der Waals surface area contributed by atoms with Crippen LogP contribution in [0.2, 0.25) is 5.02 Å². The molecule has 31 heavy (non-hydrogen) atoms. The first kappa shape index (κ1) is 23.0. The van der Waals surface area contributed by atoms with Gasteiger partial charge in [-0.2, -0.15) is 0 Å². The van der Waals surface area contributed by atoms with E-state index in [0.29, 0.717) is 35.9 Å². The van der Waals surface area contributed by atoms with Crippen molar-refractivity contribution in [3.05, 3.63) is 63.2 Å². The number of methoxy groups -OCH3 is 1. The lowest BCUT2D eigenvalue weighted by Gasteiger charge is -2.36. The van der Waals surface area contributed by atoms with Crippen molar-refractivity contribution in [2.75, 3.05) is 19.0 Å². The third-order valence-electron chi connectivity index (χ3n) is 5.69. The number of nitro groups is 1. The molecule has 8 heteroatoms. The van der Waals surface area contributed by atoms with Gasteiger partial charge in [0.05, 0.1) is 22.0 Å². The summed E-state index contributed by atoms with van der Waals surface area (Å²) >= 11 is 6.36. The van der Waals surface area contributed by atoms with Gasteiger partial charge in [0.15, 0.2) is 0 Å². The molecule has 1 saturated carbocycles. The van der Waals surface area contributed by atoms with Crippen LogP contribution in [0, 0.1) is 10.1 Å². The number of amides is 1. The predicted molar refractivity (Wildman–Crippen MR) is 120 cm³/mol. The quantitative estimate of drug-likeness (QED) is 0.427. The van der Waals surface area contributed by atoms with Gasteiger partial charge in [-0.15, -0.1) is 0 Å². The molecule has 1 fully saturated rings. The van der Waals surface area contributed by atoms with Crippen molar-refractivity contribution in [1.29, 1.82) is 0 Å². The van der Waals surface area contributed by atoms with E-state index in [4.69, 9.17) is 21.1 Å². The number of ether oxygens (including phenoxy) is 2. The number of carbonyl (C=O) groups excluding carboxylic acids is 1. The topological polar surface area (TPSA) is 90.7 Å². The molecule has 0 spiro atoms. The van der Waals surface area contributed by atoms with Crippen LogP contribution >= 0.6 is 11.6 Å². The van der Waals surface area contributed by atoms with Gasteiger partial charge in [-0.05, 0) is 43.5 Å². The maximum absolute atomic E-state index is 13.4. The van der Waals surface area contributed by atoms with Crippen LogP contribution in [-0.2, 0) is 14.9 Å². The molecule has 0 heterocycles. The van der Waals surface area contributed by atoms with E-state index in [-0.39, 0.29) is 17.7 Å². The van der Waals surface area contributed by atoms with Crippen LogP contribution < -0.4 is 10.1 Å². The zero-order chi connectivity index (χ0) is 22.4. The molecule has 0 bridgehead atoms. The zero-order valence-corrected chi connectivity index (χ0v) is 18.5. The molecule has 166 valence electrons. The number of carbonyl (C=O) groups is 1. The summed E-state index contributed by atoms with van der Waals surface area (Å²) in [7, 11) is 1.60. The first-order valence-electron chi connectivity index (χ1n) is 10.4. The highest BCUT2D eigenvalue weighted by atomic mass is 35.5. The highest BCUT2D eigenvalue weighted by molar-refractivity contribution is 6.32. The SMILES string of the molecule is COC[C@@H](C)Oc1ccc(NC(=O)C2(c3ccc([N+](=O)[O-])cc3)CCCCC2)cc1Cl. The van der Waals surface area contributed by atoms with Gasteiger partial charge in [-0.1, -0.05) is 43.0 Å². The molecule has 0 saturated heterocycles. The summed E-state index contributed by atoms with van der Waals surface area (Å²) in [5.74, 6) is 0.394. The van der Waals surface area contributed by atoms with Crippen LogP contribution in [-0.4, -0.2) is 30.7 Å². The molecule has 2 aromatic carbocycles. The maximum Gasteiger partial charge on any atom is 0.269 e. The summed E-state index contributed by atoms with van der Waals surface area (Å²) in [5, 5.41) is 14.4. The Kier molecular flexibility index (Phi) is 7.51. The van der Waals surface area contributed by atoms with E-state index in [1.165, 1.54) is 12.1 Å². The van der Waals surface area contributed by atoms with Crippen LogP contribution in [0.1, 0.15) is 44.6 Å². The van der Waals surface area contributed by atoms with E-state index in [1.54, 1.807) is 37.4 Å². The summed E-state index contributed by atoms with van der Waals surface area (Å²) in [6.45, 7) is 2.32. The van der Waals surface area contributed by atoms with Crippen molar-refractivity contribution in [3.63, 3.8) is 0 Å².